The Balaban J connectivity index is 1.47. The molecule has 1 heterocycles. The quantitative estimate of drug-likeness (QED) is 0.377. The van der Waals surface area contributed by atoms with E-state index in [-0.39, 0.29) is 6.03 Å². The van der Waals surface area contributed by atoms with Crippen LogP contribution < -0.4 is 10.7 Å². The molecule has 0 aliphatic carbocycles. The predicted octanol–water partition coefficient (Wildman–Crippen LogP) is 4.48. The molecule has 2 amide bonds. The molecule has 4 rings (SSSR count). The maximum Gasteiger partial charge on any atom is 0.339 e. The molecule has 0 unspecified atom stereocenters. The number of urea groups is 1. The largest absolute Gasteiger partial charge is 0.361 e. The Hall–Kier alpha value is -3.60. The first-order valence-electron chi connectivity index (χ1n) is 7.95. The Labute approximate surface area is 144 Å². The Morgan fingerprint density at radius 1 is 0.920 bits per heavy atom. The van der Waals surface area contributed by atoms with Gasteiger partial charge in [0, 0.05) is 28.0 Å². The second kappa shape index (κ2) is 6.49. The van der Waals surface area contributed by atoms with E-state index in [4.69, 9.17) is 0 Å². The Kier molecular flexibility index (Phi) is 3.88. The molecule has 0 spiro atoms. The SMILES string of the molecule is O=C(N/N=C/c1c[nH]c2ccccc12)Nc1cccc2ccccc12. The molecule has 0 saturated carbocycles. The van der Waals surface area contributed by atoms with Crippen LogP contribution in [0.3, 0.4) is 0 Å². The number of anilines is 1. The number of nitrogens with one attached hydrogen (secondary N) is 3. The third-order valence-electron chi connectivity index (χ3n) is 4.03. The maximum absolute atomic E-state index is 12.1. The molecule has 5 nitrogen and oxygen atoms in total. The van der Waals surface area contributed by atoms with Crippen molar-refractivity contribution in [2.24, 2.45) is 5.10 Å². The summed E-state index contributed by atoms with van der Waals surface area (Å²) >= 11 is 0. The van der Waals surface area contributed by atoms with E-state index in [0.29, 0.717) is 0 Å². The minimum Gasteiger partial charge on any atom is -0.361 e. The van der Waals surface area contributed by atoms with Crippen LogP contribution in [-0.4, -0.2) is 17.2 Å². The predicted molar refractivity (Wildman–Crippen MR) is 102 cm³/mol. The first-order valence-corrected chi connectivity index (χ1v) is 7.95. The number of hydrogen-bond acceptors (Lipinski definition) is 2. The maximum atomic E-state index is 12.1. The smallest absolute Gasteiger partial charge is 0.339 e. The molecule has 4 aromatic rings. The van der Waals surface area contributed by atoms with Crippen molar-refractivity contribution in [3.8, 4) is 0 Å². The van der Waals surface area contributed by atoms with Gasteiger partial charge in [-0.1, -0.05) is 54.6 Å². The van der Waals surface area contributed by atoms with Crippen molar-refractivity contribution in [1.29, 1.82) is 0 Å². The van der Waals surface area contributed by atoms with E-state index in [9.17, 15) is 4.79 Å². The molecular formula is C20H16N4O. The van der Waals surface area contributed by atoms with Gasteiger partial charge in [-0.3, -0.25) is 0 Å². The fraction of sp³-hybridized carbons (Fsp3) is 0. The Morgan fingerprint density at radius 3 is 2.60 bits per heavy atom. The summed E-state index contributed by atoms with van der Waals surface area (Å²) in [7, 11) is 0. The number of nitrogens with zero attached hydrogens (tertiary/aromatic N) is 1. The number of H-pyrrole nitrogens is 1. The van der Waals surface area contributed by atoms with Crippen LogP contribution in [0.5, 0.6) is 0 Å². The van der Waals surface area contributed by atoms with Crippen LogP contribution in [0.25, 0.3) is 21.7 Å². The highest BCUT2D eigenvalue weighted by Gasteiger charge is 2.04. The van der Waals surface area contributed by atoms with Gasteiger partial charge in [0.1, 0.15) is 0 Å². The third-order valence-corrected chi connectivity index (χ3v) is 4.03. The highest BCUT2D eigenvalue weighted by molar-refractivity contribution is 6.02. The summed E-state index contributed by atoms with van der Waals surface area (Å²) in [5, 5.41) is 9.98. The van der Waals surface area contributed by atoms with Crippen LogP contribution in [-0.2, 0) is 0 Å². The molecular weight excluding hydrogens is 312 g/mol. The summed E-state index contributed by atoms with van der Waals surface area (Å²) in [5.74, 6) is 0. The number of hydrogen-bond donors (Lipinski definition) is 3. The van der Waals surface area contributed by atoms with Crippen molar-refractivity contribution >= 4 is 39.6 Å². The highest BCUT2D eigenvalue weighted by Crippen LogP contribution is 2.22. The van der Waals surface area contributed by atoms with Crippen LogP contribution in [0, 0.1) is 0 Å². The molecule has 0 saturated heterocycles. The van der Waals surface area contributed by atoms with E-state index in [1.807, 2.05) is 72.9 Å². The molecule has 3 N–H and O–H groups in total. The van der Waals surface area contributed by atoms with Gasteiger partial charge in [-0.05, 0) is 17.5 Å². The lowest BCUT2D eigenvalue weighted by Gasteiger charge is -2.07. The molecule has 0 aliphatic rings. The molecule has 122 valence electrons. The lowest BCUT2D eigenvalue weighted by atomic mass is 10.1. The van der Waals surface area contributed by atoms with Gasteiger partial charge in [0.25, 0.3) is 0 Å². The van der Waals surface area contributed by atoms with Gasteiger partial charge in [0.05, 0.1) is 11.9 Å². The van der Waals surface area contributed by atoms with Gasteiger partial charge >= 0.3 is 6.03 Å². The molecule has 5 heteroatoms. The summed E-state index contributed by atoms with van der Waals surface area (Å²) in [4.78, 5) is 15.3. The summed E-state index contributed by atoms with van der Waals surface area (Å²) in [6.07, 6.45) is 3.49. The van der Waals surface area contributed by atoms with E-state index in [0.717, 1.165) is 32.9 Å². The molecule has 25 heavy (non-hydrogen) atoms. The van der Waals surface area contributed by atoms with Crippen molar-refractivity contribution in [1.82, 2.24) is 10.4 Å². The Bertz CT molecular complexity index is 1080. The van der Waals surface area contributed by atoms with E-state index in [1.165, 1.54) is 0 Å². The minimum atomic E-state index is -0.382. The molecule has 0 bridgehead atoms. The lowest BCUT2D eigenvalue weighted by Crippen LogP contribution is -2.24. The zero-order valence-electron chi connectivity index (χ0n) is 13.4. The summed E-state index contributed by atoms with van der Waals surface area (Å²) < 4.78 is 0. The average Bonchev–Trinajstić information content (AvgIpc) is 3.05. The second-order valence-electron chi connectivity index (χ2n) is 5.64. The zero-order chi connectivity index (χ0) is 17.1. The van der Waals surface area contributed by atoms with Crippen molar-refractivity contribution in [3.63, 3.8) is 0 Å². The molecule has 0 fully saturated rings. The number of hydrazone groups is 1. The lowest BCUT2D eigenvalue weighted by molar-refractivity contribution is 0.252. The van der Waals surface area contributed by atoms with Gasteiger partial charge in [0.15, 0.2) is 0 Å². The number of rotatable bonds is 3. The topological polar surface area (TPSA) is 69.3 Å². The van der Waals surface area contributed by atoms with Crippen LogP contribution in [0.4, 0.5) is 10.5 Å². The van der Waals surface area contributed by atoms with Crippen LogP contribution in [0.15, 0.2) is 78.0 Å². The monoisotopic (exact) mass is 328 g/mol. The number of carbonyl (C=O) groups is 1. The van der Waals surface area contributed by atoms with Crippen molar-refractivity contribution in [2.45, 2.75) is 0 Å². The van der Waals surface area contributed by atoms with Gasteiger partial charge < -0.3 is 10.3 Å². The first kappa shape index (κ1) is 15.0. The van der Waals surface area contributed by atoms with Crippen LogP contribution in [0.1, 0.15) is 5.56 Å². The molecule has 3 aromatic carbocycles. The number of benzene rings is 3. The van der Waals surface area contributed by atoms with Gasteiger partial charge in [-0.15, -0.1) is 0 Å². The standard InChI is InChI=1S/C20H16N4O/c25-20(23-19-11-5-7-14-6-1-2-8-16(14)19)24-22-13-15-12-21-18-10-4-3-9-17(15)18/h1-13,21H,(H2,23,24,25)/b22-13+. The number of carbonyl (C=O) groups excluding carboxylic acids is 1. The molecule has 0 aliphatic heterocycles. The van der Waals surface area contributed by atoms with E-state index < -0.39 is 0 Å². The normalized spacial score (nSPS) is 11.2. The van der Waals surface area contributed by atoms with Crippen molar-refractivity contribution < 1.29 is 4.79 Å². The average molecular weight is 328 g/mol. The van der Waals surface area contributed by atoms with Crippen LogP contribution >= 0.6 is 0 Å². The second-order valence-corrected chi connectivity index (χ2v) is 5.64. The zero-order valence-corrected chi connectivity index (χ0v) is 13.4. The number of aromatic nitrogens is 1. The first-order chi connectivity index (χ1) is 12.3. The van der Waals surface area contributed by atoms with Crippen LogP contribution in [0.2, 0.25) is 0 Å². The summed E-state index contributed by atoms with van der Waals surface area (Å²) in [5.41, 5.74) is 5.20. The van der Waals surface area contributed by atoms with Crippen molar-refractivity contribution in [2.75, 3.05) is 5.32 Å². The van der Waals surface area contributed by atoms with E-state index in [2.05, 4.69) is 20.8 Å². The summed E-state index contributed by atoms with van der Waals surface area (Å²) in [6, 6.07) is 21.2. The van der Waals surface area contributed by atoms with Gasteiger partial charge in [0.2, 0.25) is 0 Å². The molecule has 0 radical (unpaired) electrons. The fourth-order valence-corrected chi connectivity index (χ4v) is 2.85. The highest BCUT2D eigenvalue weighted by atomic mass is 16.2. The number of aromatic amines is 1. The van der Waals surface area contributed by atoms with Gasteiger partial charge in [-0.2, -0.15) is 5.10 Å². The Morgan fingerprint density at radius 2 is 1.68 bits per heavy atom. The van der Waals surface area contributed by atoms with Crippen molar-refractivity contribution in [3.05, 3.63) is 78.5 Å². The molecule has 1 aromatic heterocycles. The number of amides is 2. The summed E-state index contributed by atoms with van der Waals surface area (Å²) in [6.45, 7) is 0. The van der Waals surface area contributed by atoms with Gasteiger partial charge in [-0.25, -0.2) is 10.2 Å². The number of fused-ring (bicyclic) bond motifs is 2. The van der Waals surface area contributed by atoms with E-state index >= 15 is 0 Å². The molecule has 0 atom stereocenters. The minimum absolute atomic E-state index is 0.382. The van der Waals surface area contributed by atoms with E-state index in [1.54, 1.807) is 6.21 Å². The fourth-order valence-electron chi connectivity index (χ4n) is 2.85. The third kappa shape index (κ3) is 3.07. The number of para-hydroxylation sites is 1.